The molecule has 24 heavy (non-hydrogen) atoms. The van der Waals surface area contributed by atoms with Gasteiger partial charge in [0.15, 0.2) is 5.13 Å². The molecule has 0 bridgehead atoms. The maximum absolute atomic E-state index is 12.8. The quantitative estimate of drug-likeness (QED) is 0.845. The lowest BCUT2D eigenvalue weighted by Crippen LogP contribution is -2.47. The fourth-order valence-electron chi connectivity index (χ4n) is 2.93. The summed E-state index contributed by atoms with van der Waals surface area (Å²) in [6.07, 6.45) is 1.54. The van der Waals surface area contributed by atoms with Crippen molar-refractivity contribution in [2.75, 3.05) is 39.2 Å². The Morgan fingerprint density at radius 2 is 2.12 bits per heavy atom. The number of anilines is 1. The van der Waals surface area contributed by atoms with Gasteiger partial charge in [0, 0.05) is 7.11 Å². The molecule has 3 rings (SSSR count). The molecule has 2 aromatic rings. The molecule has 0 atom stereocenters. The Bertz CT molecular complexity index is 695. The number of halogens is 1. The van der Waals surface area contributed by atoms with E-state index >= 15 is 0 Å². The molecule has 0 unspecified atom stereocenters. The van der Waals surface area contributed by atoms with Crippen LogP contribution in [-0.4, -0.2) is 44.8 Å². The molecule has 1 aliphatic rings. The zero-order valence-corrected chi connectivity index (χ0v) is 15.4. The third-order valence-corrected chi connectivity index (χ3v) is 5.21. The number of benzene rings is 1. The highest BCUT2D eigenvalue weighted by molar-refractivity contribution is 7.22. The molecule has 2 N–H and O–H groups in total. The molecule has 0 saturated carbocycles. The second-order valence-corrected chi connectivity index (χ2v) is 6.80. The number of carbonyl (C=O) groups is 1. The number of rotatable bonds is 5. The second-order valence-electron chi connectivity index (χ2n) is 5.77. The van der Waals surface area contributed by atoms with Gasteiger partial charge in [0.25, 0.3) is 0 Å². The topological polar surface area (TPSA) is 72.5 Å². The zero-order valence-electron chi connectivity index (χ0n) is 13.8. The number of nitrogens with zero attached hydrogens (tertiary/aromatic N) is 1. The zero-order chi connectivity index (χ0) is 16.3. The number of carbonyl (C=O) groups excluding carboxylic acids is 1. The van der Waals surface area contributed by atoms with Gasteiger partial charge in [0.1, 0.15) is 5.75 Å². The third-order valence-electron chi connectivity index (χ3n) is 4.28. The van der Waals surface area contributed by atoms with Gasteiger partial charge in [-0.25, -0.2) is 4.98 Å². The van der Waals surface area contributed by atoms with E-state index in [4.69, 9.17) is 9.47 Å². The van der Waals surface area contributed by atoms with E-state index in [0.717, 1.165) is 41.9 Å². The summed E-state index contributed by atoms with van der Waals surface area (Å²) < 4.78 is 11.5. The summed E-state index contributed by atoms with van der Waals surface area (Å²) in [6, 6.07) is 5.70. The highest BCUT2D eigenvalue weighted by Gasteiger charge is 2.40. The maximum Gasteiger partial charge on any atom is 0.234 e. The van der Waals surface area contributed by atoms with Crippen molar-refractivity contribution < 1.29 is 14.3 Å². The molecular formula is C16H22ClN3O3S. The lowest BCUT2D eigenvalue weighted by atomic mass is 9.79. The standard InChI is InChI=1S/C16H21N3O3S.ClH/c1-21-10-16(5-7-17-8-6-16)14(20)19-15-18-12-4-3-11(22-2)9-13(12)23-15;/h3-4,9,17H,5-8,10H2,1-2H3,(H,18,19,20);1H. The van der Waals surface area contributed by atoms with E-state index in [1.54, 1.807) is 14.2 Å². The van der Waals surface area contributed by atoms with Crippen LogP contribution in [0.25, 0.3) is 10.2 Å². The van der Waals surface area contributed by atoms with Crippen molar-refractivity contribution in [3.63, 3.8) is 0 Å². The first-order chi connectivity index (χ1) is 11.2. The number of hydrogen-bond donors (Lipinski definition) is 2. The van der Waals surface area contributed by atoms with Crippen LogP contribution >= 0.6 is 23.7 Å². The second kappa shape index (κ2) is 8.11. The average Bonchev–Trinajstić information content (AvgIpc) is 2.97. The summed E-state index contributed by atoms with van der Waals surface area (Å²) in [6.45, 7) is 2.08. The van der Waals surface area contributed by atoms with Crippen molar-refractivity contribution in [2.24, 2.45) is 5.41 Å². The summed E-state index contributed by atoms with van der Waals surface area (Å²) in [5.74, 6) is 0.778. The summed E-state index contributed by atoms with van der Waals surface area (Å²) in [4.78, 5) is 17.3. The highest BCUT2D eigenvalue weighted by atomic mass is 35.5. The first-order valence-electron chi connectivity index (χ1n) is 7.62. The van der Waals surface area contributed by atoms with Crippen LogP contribution in [0.3, 0.4) is 0 Å². The predicted octanol–water partition coefficient (Wildman–Crippen LogP) is 2.68. The molecule has 6 nitrogen and oxygen atoms in total. The van der Waals surface area contributed by atoms with Gasteiger partial charge >= 0.3 is 0 Å². The van der Waals surface area contributed by atoms with Crippen molar-refractivity contribution in [3.8, 4) is 5.75 Å². The Labute approximate surface area is 151 Å². The van der Waals surface area contributed by atoms with E-state index < -0.39 is 5.41 Å². The van der Waals surface area contributed by atoms with E-state index in [9.17, 15) is 4.79 Å². The molecule has 1 fully saturated rings. The summed E-state index contributed by atoms with van der Waals surface area (Å²) >= 11 is 1.46. The summed E-state index contributed by atoms with van der Waals surface area (Å²) in [7, 11) is 3.28. The molecule has 132 valence electrons. The number of piperidine rings is 1. The Balaban J connectivity index is 0.00000208. The maximum atomic E-state index is 12.8. The highest BCUT2D eigenvalue weighted by Crippen LogP contribution is 2.33. The van der Waals surface area contributed by atoms with Gasteiger partial charge in [-0.15, -0.1) is 12.4 Å². The molecule has 2 heterocycles. The Morgan fingerprint density at radius 3 is 2.79 bits per heavy atom. The van der Waals surface area contributed by atoms with Gasteiger partial charge in [-0.2, -0.15) is 0 Å². The number of fused-ring (bicyclic) bond motifs is 1. The number of amides is 1. The minimum Gasteiger partial charge on any atom is -0.497 e. The predicted molar refractivity (Wildman–Crippen MR) is 98.5 cm³/mol. The van der Waals surface area contributed by atoms with E-state index in [2.05, 4.69) is 15.6 Å². The molecule has 0 radical (unpaired) electrons. The van der Waals surface area contributed by atoms with Gasteiger partial charge < -0.3 is 20.1 Å². The number of methoxy groups -OCH3 is 2. The van der Waals surface area contributed by atoms with Crippen LogP contribution in [0, 0.1) is 5.41 Å². The van der Waals surface area contributed by atoms with Crippen LogP contribution in [0.15, 0.2) is 18.2 Å². The first kappa shape index (κ1) is 18.9. The van der Waals surface area contributed by atoms with Crippen LogP contribution in [0.2, 0.25) is 0 Å². The number of nitrogens with one attached hydrogen (secondary N) is 2. The lowest BCUT2D eigenvalue weighted by molar-refractivity contribution is -0.130. The minimum atomic E-state index is -0.477. The van der Waals surface area contributed by atoms with Crippen molar-refractivity contribution >= 4 is 45.0 Å². The van der Waals surface area contributed by atoms with E-state index in [-0.39, 0.29) is 18.3 Å². The molecule has 1 aromatic heterocycles. The fraction of sp³-hybridized carbons (Fsp3) is 0.500. The van der Waals surface area contributed by atoms with Crippen molar-refractivity contribution in [2.45, 2.75) is 12.8 Å². The third kappa shape index (κ3) is 3.80. The van der Waals surface area contributed by atoms with Gasteiger partial charge in [-0.05, 0) is 44.1 Å². The van der Waals surface area contributed by atoms with Crippen molar-refractivity contribution in [3.05, 3.63) is 18.2 Å². The molecule has 8 heteroatoms. The number of thiazole rings is 1. The molecule has 1 amide bonds. The minimum absolute atomic E-state index is 0. The first-order valence-corrected chi connectivity index (χ1v) is 8.44. The van der Waals surface area contributed by atoms with E-state index in [1.165, 1.54) is 11.3 Å². The fourth-order valence-corrected chi connectivity index (χ4v) is 3.82. The SMILES string of the molecule is COCC1(C(=O)Nc2nc3ccc(OC)cc3s2)CCNCC1.Cl. The smallest absolute Gasteiger partial charge is 0.234 e. The van der Waals surface area contributed by atoms with Crippen LogP contribution in [0.5, 0.6) is 5.75 Å². The van der Waals surface area contributed by atoms with E-state index in [0.29, 0.717) is 11.7 Å². The Hall–Kier alpha value is -1.41. The molecule has 1 aliphatic heterocycles. The van der Waals surface area contributed by atoms with Crippen LogP contribution in [0.4, 0.5) is 5.13 Å². The van der Waals surface area contributed by atoms with Crippen LogP contribution in [-0.2, 0) is 9.53 Å². The molecule has 1 aromatic carbocycles. The van der Waals surface area contributed by atoms with Gasteiger partial charge in [-0.1, -0.05) is 11.3 Å². The number of ether oxygens (including phenoxy) is 2. The molecule has 0 spiro atoms. The van der Waals surface area contributed by atoms with E-state index in [1.807, 2.05) is 18.2 Å². The van der Waals surface area contributed by atoms with Crippen molar-refractivity contribution in [1.82, 2.24) is 10.3 Å². The summed E-state index contributed by atoms with van der Waals surface area (Å²) in [5, 5.41) is 6.89. The largest absolute Gasteiger partial charge is 0.497 e. The Kier molecular flexibility index (Phi) is 6.40. The number of hydrogen-bond acceptors (Lipinski definition) is 6. The lowest BCUT2D eigenvalue weighted by Gasteiger charge is -2.35. The molecular weight excluding hydrogens is 350 g/mol. The van der Waals surface area contributed by atoms with Gasteiger partial charge in [0.05, 0.1) is 29.3 Å². The van der Waals surface area contributed by atoms with Crippen LogP contribution in [0.1, 0.15) is 12.8 Å². The van der Waals surface area contributed by atoms with Crippen molar-refractivity contribution in [1.29, 1.82) is 0 Å². The monoisotopic (exact) mass is 371 g/mol. The molecule has 0 aliphatic carbocycles. The summed E-state index contributed by atoms with van der Waals surface area (Å²) in [5.41, 5.74) is 0.382. The number of aromatic nitrogens is 1. The Morgan fingerprint density at radius 1 is 1.38 bits per heavy atom. The van der Waals surface area contributed by atoms with Gasteiger partial charge in [0.2, 0.25) is 5.91 Å². The van der Waals surface area contributed by atoms with Gasteiger partial charge in [-0.3, -0.25) is 4.79 Å². The average molecular weight is 372 g/mol. The molecule has 1 saturated heterocycles. The normalized spacial score (nSPS) is 16.4. The van der Waals surface area contributed by atoms with Crippen LogP contribution < -0.4 is 15.4 Å².